The molecule has 1 aromatic carbocycles. The third-order valence-electron chi connectivity index (χ3n) is 5.84. The monoisotopic (exact) mass is 560 g/mol. The number of aromatic amines is 1. The van der Waals surface area contributed by atoms with Gasteiger partial charge in [-0.2, -0.15) is 0 Å². The fourth-order valence-electron chi connectivity index (χ4n) is 3.99. The second kappa shape index (κ2) is 11.9. The van der Waals surface area contributed by atoms with Gasteiger partial charge < -0.3 is 19.1 Å². The molecule has 1 aliphatic heterocycles. The van der Waals surface area contributed by atoms with E-state index in [2.05, 4.69) is 0 Å². The number of rotatable bonds is 11. The molecule has 1 fully saturated rings. The smallest absolute Gasteiger partial charge is 0.380 e. The Labute approximate surface area is 217 Å². The maximum absolute atomic E-state index is 15.7. The predicted octanol–water partition coefficient (Wildman–Crippen LogP) is 2.74. The van der Waals surface area contributed by atoms with Crippen molar-refractivity contribution in [1.29, 1.82) is 0 Å². The van der Waals surface area contributed by atoms with Crippen molar-refractivity contribution in [2.45, 2.75) is 64.0 Å². The van der Waals surface area contributed by atoms with Gasteiger partial charge in [-0.15, -0.1) is 0 Å². The van der Waals surface area contributed by atoms with Crippen molar-refractivity contribution in [2.24, 2.45) is 5.92 Å². The first kappa shape index (κ1) is 29.7. The van der Waals surface area contributed by atoms with E-state index in [4.69, 9.17) is 18.5 Å². The van der Waals surface area contributed by atoms with Crippen molar-refractivity contribution in [2.75, 3.05) is 12.8 Å². The van der Waals surface area contributed by atoms with E-state index in [0.717, 1.165) is 12.3 Å². The van der Waals surface area contributed by atoms with E-state index in [1.165, 1.54) is 26.0 Å². The second-order valence-corrected chi connectivity index (χ2v) is 11.4. The summed E-state index contributed by atoms with van der Waals surface area (Å²) >= 11 is 0. The molecule has 7 atom stereocenters. The summed E-state index contributed by atoms with van der Waals surface area (Å²) in [6.07, 6.45) is -7.09. The minimum Gasteiger partial charge on any atom is -0.463 e. The number of nitrogens with zero attached hydrogens (tertiary/aromatic N) is 1. The van der Waals surface area contributed by atoms with Crippen molar-refractivity contribution in [3.8, 4) is 5.75 Å². The van der Waals surface area contributed by atoms with Crippen LogP contribution in [0.25, 0.3) is 0 Å². The van der Waals surface area contributed by atoms with Crippen LogP contribution in [0, 0.1) is 5.92 Å². The largest absolute Gasteiger partial charge is 0.463 e. The number of carbonyl (C=O) groups excluding carboxylic acids is 1. The number of H-pyrrole nitrogens is 1. The average molecular weight is 560 g/mol. The Morgan fingerprint density at radius 3 is 2.45 bits per heavy atom. The van der Waals surface area contributed by atoms with Gasteiger partial charge in [0.1, 0.15) is 24.6 Å². The highest BCUT2D eigenvalue weighted by molar-refractivity contribution is 7.54. The molecule has 38 heavy (non-hydrogen) atoms. The number of benzene rings is 1. The van der Waals surface area contributed by atoms with Crippen LogP contribution in [0.1, 0.15) is 33.9 Å². The van der Waals surface area contributed by atoms with Crippen molar-refractivity contribution in [3.05, 3.63) is 63.4 Å². The van der Waals surface area contributed by atoms with Gasteiger partial charge in [0.15, 0.2) is 6.23 Å². The van der Waals surface area contributed by atoms with Crippen LogP contribution in [0.5, 0.6) is 5.75 Å². The first-order valence-electron chi connectivity index (χ1n) is 11.9. The summed E-state index contributed by atoms with van der Waals surface area (Å²) < 4.78 is 66.1. The number of nitrogens with one attached hydrogen (secondary N) is 1. The van der Waals surface area contributed by atoms with Crippen molar-refractivity contribution in [3.63, 3.8) is 0 Å². The van der Waals surface area contributed by atoms with Crippen molar-refractivity contribution >= 4 is 13.6 Å². The van der Waals surface area contributed by atoms with Crippen molar-refractivity contribution in [1.82, 2.24) is 9.55 Å². The van der Waals surface area contributed by atoms with Gasteiger partial charge in [0.05, 0.1) is 24.3 Å². The standard InChI is InChI=1S/C24H31F2N2O9P/c1-14(2)34-21(31)15(3)12-38(33,37-17-8-6-5-7-9-17)36-16(4)19-20(30)24(26,13-25)22(35-19)28-11-10-18(29)27-23(28)32/h5-11,14-16,19-20,22,30H,12-13H2,1-4H3,(H,27,29,32)/t15-,16-,19-,20+,22-,24?,38+/m1/s1. The Morgan fingerprint density at radius 2 is 1.87 bits per heavy atom. The van der Waals surface area contributed by atoms with Gasteiger partial charge in [-0.1, -0.05) is 25.1 Å². The lowest BCUT2D eigenvalue weighted by atomic mass is 9.95. The molecule has 2 heterocycles. The first-order chi connectivity index (χ1) is 17.8. The molecule has 210 valence electrons. The fraction of sp³-hybridized carbons (Fsp3) is 0.542. The molecule has 0 saturated carbocycles. The molecule has 1 aromatic heterocycles. The number of halogens is 2. The van der Waals surface area contributed by atoms with Gasteiger partial charge in [0.25, 0.3) is 5.56 Å². The van der Waals surface area contributed by atoms with Gasteiger partial charge in [0, 0.05) is 12.3 Å². The van der Waals surface area contributed by atoms with E-state index in [-0.39, 0.29) is 5.75 Å². The molecule has 14 heteroatoms. The quantitative estimate of drug-likeness (QED) is 0.313. The van der Waals surface area contributed by atoms with E-state index >= 15 is 4.39 Å². The summed E-state index contributed by atoms with van der Waals surface area (Å²) in [6, 6.07) is 8.86. The number of hydrogen-bond acceptors (Lipinski definition) is 9. The number of esters is 1. The van der Waals surface area contributed by atoms with Gasteiger partial charge in [0.2, 0.25) is 5.67 Å². The number of ether oxygens (including phenoxy) is 2. The number of aliphatic hydroxyl groups excluding tert-OH is 1. The first-order valence-corrected chi connectivity index (χ1v) is 13.6. The maximum atomic E-state index is 15.7. The summed E-state index contributed by atoms with van der Waals surface area (Å²) in [4.78, 5) is 37.9. The van der Waals surface area contributed by atoms with Gasteiger partial charge >= 0.3 is 19.3 Å². The number of aliphatic hydroxyl groups is 1. The Bertz CT molecular complexity index is 1270. The SMILES string of the molecule is CC(C)OC(=O)[C@H](C)C[P@@](=O)(Oc1ccccc1)O[C@H](C)[C@H]1O[C@@H](n2ccc(=O)[nH]c2=O)C(F)(CF)[C@H]1O. The zero-order valence-corrected chi connectivity index (χ0v) is 22.2. The molecule has 0 radical (unpaired) electrons. The highest BCUT2D eigenvalue weighted by Crippen LogP contribution is 2.53. The second-order valence-electron chi connectivity index (χ2n) is 9.37. The van der Waals surface area contributed by atoms with Crippen LogP contribution in [0.3, 0.4) is 0 Å². The number of carbonyl (C=O) groups is 1. The lowest BCUT2D eigenvalue weighted by Crippen LogP contribution is -2.48. The lowest BCUT2D eigenvalue weighted by Gasteiger charge is -2.29. The van der Waals surface area contributed by atoms with Crippen LogP contribution in [0.4, 0.5) is 8.78 Å². The predicted molar refractivity (Wildman–Crippen MR) is 132 cm³/mol. The van der Waals surface area contributed by atoms with E-state index < -0.39 is 79.9 Å². The molecule has 0 spiro atoms. The molecule has 2 N–H and O–H groups in total. The van der Waals surface area contributed by atoms with Gasteiger partial charge in [-0.3, -0.25) is 23.7 Å². The molecule has 1 unspecified atom stereocenters. The summed E-state index contributed by atoms with van der Waals surface area (Å²) in [6.45, 7) is 4.32. The van der Waals surface area contributed by atoms with Crippen LogP contribution >= 0.6 is 7.60 Å². The molecular formula is C24H31F2N2O9P. The van der Waals surface area contributed by atoms with Gasteiger partial charge in [-0.05, 0) is 32.9 Å². The third-order valence-corrected chi connectivity index (χ3v) is 7.97. The summed E-state index contributed by atoms with van der Waals surface area (Å²) in [5, 5.41) is 10.7. The summed E-state index contributed by atoms with van der Waals surface area (Å²) in [5.74, 6) is -1.43. The Morgan fingerprint density at radius 1 is 1.21 bits per heavy atom. The van der Waals surface area contributed by atoms with E-state index in [1.807, 2.05) is 4.98 Å². The molecule has 0 bridgehead atoms. The summed E-state index contributed by atoms with van der Waals surface area (Å²) in [5.41, 5.74) is -4.97. The average Bonchev–Trinajstić information content (AvgIpc) is 3.10. The Hall–Kier alpha value is -2.86. The molecule has 0 amide bonds. The number of hydrogen-bond donors (Lipinski definition) is 2. The molecule has 11 nitrogen and oxygen atoms in total. The Kier molecular flexibility index (Phi) is 9.30. The topological polar surface area (TPSA) is 146 Å². The van der Waals surface area contributed by atoms with Crippen LogP contribution < -0.4 is 15.8 Å². The molecule has 2 aromatic rings. The maximum Gasteiger partial charge on any atom is 0.380 e. The van der Waals surface area contributed by atoms with Crippen LogP contribution in [0.2, 0.25) is 0 Å². The molecule has 1 aliphatic rings. The van der Waals surface area contributed by atoms with E-state index in [0.29, 0.717) is 4.57 Å². The summed E-state index contributed by atoms with van der Waals surface area (Å²) in [7, 11) is -4.21. The van der Waals surface area contributed by atoms with Gasteiger partial charge in [-0.25, -0.2) is 18.1 Å². The van der Waals surface area contributed by atoms with E-state index in [1.54, 1.807) is 32.0 Å². The molecular weight excluding hydrogens is 529 g/mol. The Balaban J connectivity index is 1.89. The molecule has 1 saturated heterocycles. The van der Waals surface area contributed by atoms with Crippen molar-refractivity contribution < 1.29 is 41.8 Å². The third kappa shape index (κ3) is 6.58. The number of para-hydroxylation sites is 1. The van der Waals surface area contributed by atoms with Crippen LogP contribution in [0.15, 0.2) is 52.2 Å². The number of aromatic nitrogens is 2. The van der Waals surface area contributed by atoms with Crippen LogP contribution in [-0.4, -0.2) is 63.5 Å². The normalized spacial score (nSPS) is 26.5. The zero-order chi connectivity index (χ0) is 28.3. The minimum atomic E-state index is -4.21. The zero-order valence-electron chi connectivity index (χ0n) is 21.3. The lowest BCUT2D eigenvalue weighted by molar-refractivity contribution is -0.151. The molecule has 3 rings (SSSR count). The number of alkyl halides is 2. The van der Waals surface area contributed by atoms with Crippen LogP contribution in [-0.2, 0) is 23.4 Å². The minimum absolute atomic E-state index is 0.154. The highest BCUT2D eigenvalue weighted by atomic mass is 31.2. The van der Waals surface area contributed by atoms with E-state index in [9.17, 15) is 28.4 Å². The highest BCUT2D eigenvalue weighted by Gasteiger charge is 2.61. The molecule has 0 aliphatic carbocycles. The fourth-order valence-corrected chi connectivity index (χ4v) is 6.09.